The molecule has 0 rings (SSSR count). The van der Waals surface area contributed by atoms with Gasteiger partial charge in [-0.15, -0.1) is 12.8 Å². The first-order chi connectivity index (χ1) is 7.91. The highest BCUT2D eigenvalue weighted by Crippen LogP contribution is 2.06. The van der Waals surface area contributed by atoms with Crippen LogP contribution in [0.5, 0.6) is 0 Å². The number of ether oxygens (including phenoxy) is 2. The van der Waals surface area contributed by atoms with Gasteiger partial charge < -0.3 is 9.47 Å². The second kappa shape index (κ2) is 14.7. The molecule has 4 heteroatoms. The molecule has 16 heavy (non-hydrogen) atoms. The fourth-order valence-corrected chi connectivity index (χ4v) is 2.64. The topological polar surface area (TPSA) is 18.5 Å². The van der Waals surface area contributed by atoms with Gasteiger partial charge in [-0.2, -0.15) is 23.5 Å². The van der Waals surface area contributed by atoms with E-state index < -0.39 is 0 Å². The van der Waals surface area contributed by atoms with Crippen molar-refractivity contribution in [3.05, 3.63) is 0 Å². The maximum atomic E-state index is 5.15. The fraction of sp³-hybridized carbons (Fsp3) is 0.667. The molecular weight excluding hydrogens is 240 g/mol. The quantitative estimate of drug-likeness (QED) is 0.415. The van der Waals surface area contributed by atoms with Gasteiger partial charge in [0.1, 0.15) is 13.2 Å². The molecule has 0 aliphatic rings. The molecule has 0 bridgehead atoms. The van der Waals surface area contributed by atoms with Crippen LogP contribution in [0, 0.1) is 24.7 Å². The molecule has 0 amide bonds. The van der Waals surface area contributed by atoms with Crippen molar-refractivity contribution in [2.75, 3.05) is 49.4 Å². The molecule has 0 aromatic carbocycles. The van der Waals surface area contributed by atoms with Gasteiger partial charge in [-0.1, -0.05) is 11.8 Å². The largest absolute Gasteiger partial charge is 0.368 e. The number of hydrogen-bond donors (Lipinski definition) is 0. The van der Waals surface area contributed by atoms with Crippen LogP contribution >= 0.6 is 23.5 Å². The van der Waals surface area contributed by atoms with E-state index in [1.807, 2.05) is 23.5 Å². The molecule has 0 aliphatic heterocycles. The molecular formula is C12H18O2S2. The van der Waals surface area contributed by atoms with Crippen molar-refractivity contribution in [1.82, 2.24) is 0 Å². The zero-order chi connectivity index (χ0) is 11.9. The summed E-state index contributed by atoms with van der Waals surface area (Å²) in [6.07, 6.45) is 10.1. The van der Waals surface area contributed by atoms with Crippen molar-refractivity contribution in [2.45, 2.75) is 0 Å². The van der Waals surface area contributed by atoms with Crippen LogP contribution in [0.25, 0.3) is 0 Å². The summed E-state index contributed by atoms with van der Waals surface area (Å²) in [4.78, 5) is 0. The van der Waals surface area contributed by atoms with Crippen molar-refractivity contribution in [1.29, 1.82) is 0 Å². The maximum Gasteiger partial charge on any atom is 0.107 e. The van der Waals surface area contributed by atoms with Gasteiger partial charge in [0, 0.05) is 23.0 Å². The van der Waals surface area contributed by atoms with E-state index in [-0.39, 0.29) is 0 Å². The first-order valence-corrected chi connectivity index (χ1v) is 7.40. The maximum absolute atomic E-state index is 5.15. The van der Waals surface area contributed by atoms with Gasteiger partial charge in [0.2, 0.25) is 0 Å². The van der Waals surface area contributed by atoms with Gasteiger partial charge in [-0.25, -0.2) is 0 Å². The molecule has 90 valence electrons. The van der Waals surface area contributed by atoms with Gasteiger partial charge >= 0.3 is 0 Å². The Balaban J connectivity index is 2.89. The summed E-state index contributed by atoms with van der Waals surface area (Å²) >= 11 is 3.77. The predicted molar refractivity (Wildman–Crippen MR) is 74.0 cm³/mol. The van der Waals surface area contributed by atoms with Crippen LogP contribution in [0.4, 0.5) is 0 Å². The van der Waals surface area contributed by atoms with E-state index in [4.69, 9.17) is 22.3 Å². The SMILES string of the molecule is C#CCOCCSCCSCCOCC#C. The number of terminal acetylenes is 2. The Labute approximate surface area is 107 Å². The van der Waals surface area contributed by atoms with Crippen molar-refractivity contribution in [2.24, 2.45) is 0 Å². The highest BCUT2D eigenvalue weighted by Gasteiger charge is 1.92. The van der Waals surface area contributed by atoms with Crippen molar-refractivity contribution in [3.8, 4) is 24.7 Å². The molecule has 0 saturated heterocycles. The minimum atomic E-state index is 0.418. The summed E-state index contributed by atoms with van der Waals surface area (Å²) < 4.78 is 10.3. The third kappa shape index (κ3) is 13.7. The molecule has 0 spiro atoms. The molecule has 0 radical (unpaired) electrons. The Kier molecular flexibility index (Phi) is 14.5. The van der Waals surface area contributed by atoms with Crippen LogP contribution in [0.1, 0.15) is 0 Å². The zero-order valence-electron chi connectivity index (χ0n) is 9.44. The zero-order valence-corrected chi connectivity index (χ0v) is 11.1. The monoisotopic (exact) mass is 258 g/mol. The van der Waals surface area contributed by atoms with Crippen molar-refractivity contribution < 1.29 is 9.47 Å². The van der Waals surface area contributed by atoms with E-state index in [0.717, 1.165) is 36.2 Å². The summed E-state index contributed by atoms with van der Waals surface area (Å²) in [5.41, 5.74) is 0. The Morgan fingerprint density at radius 1 is 0.750 bits per heavy atom. The Morgan fingerprint density at radius 3 is 1.56 bits per heavy atom. The molecule has 0 N–H and O–H groups in total. The predicted octanol–water partition coefficient (Wildman–Crippen LogP) is 1.75. The lowest BCUT2D eigenvalue weighted by Crippen LogP contribution is -2.00. The van der Waals surface area contributed by atoms with Crippen molar-refractivity contribution >= 4 is 23.5 Å². The second-order valence-corrected chi connectivity index (χ2v) is 5.19. The minimum Gasteiger partial charge on any atom is -0.368 e. The first kappa shape index (κ1) is 15.7. The van der Waals surface area contributed by atoms with E-state index in [2.05, 4.69) is 11.8 Å². The fourth-order valence-electron chi connectivity index (χ4n) is 0.820. The molecule has 0 saturated carbocycles. The van der Waals surface area contributed by atoms with Crippen LogP contribution in [0.3, 0.4) is 0 Å². The Morgan fingerprint density at radius 2 is 1.19 bits per heavy atom. The lowest BCUT2D eigenvalue weighted by molar-refractivity contribution is 0.185. The van der Waals surface area contributed by atoms with Gasteiger partial charge in [0.05, 0.1) is 13.2 Å². The summed E-state index contributed by atoms with van der Waals surface area (Å²) in [5.74, 6) is 9.18. The number of thioether (sulfide) groups is 2. The summed E-state index contributed by atoms with van der Waals surface area (Å²) in [7, 11) is 0. The normalized spacial score (nSPS) is 9.62. The summed E-state index contributed by atoms with van der Waals surface area (Å²) in [5, 5.41) is 0. The van der Waals surface area contributed by atoms with Crippen LogP contribution in [-0.2, 0) is 9.47 Å². The van der Waals surface area contributed by atoms with Crippen molar-refractivity contribution in [3.63, 3.8) is 0 Å². The molecule has 0 aromatic heterocycles. The van der Waals surface area contributed by atoms with Gasteiger partial charge in [0.25, 0.3) is 0 Å². The number of rotatable bonds is 11. The molecule has 0 atom stereocenters. The average molecular weight is 258 g/mol. The highest BCUT2D eigenvalue weighted by molar-refractivity contribution is 8.02. The molecule has 0 fully saturated rings. The Hall–Kier alpha value is -0.260. The Bertz CT molecular complexity index is 194. The lowest BCUT2D eigenvalue weighted by Gasteiger charge is -2.02. The molecule has 0 aromatic rings. The second-order valence-electron chi connectivity index (χ2n) is 2.74. The molecule has 0 heterocycles. The lowest BCUT2D eigenvalue weighted by atomic mass is 10.7. The van der Waals surface area contributed by atoms with Gasteiger partial charge in [-0.05, 0) is 0 Å². The summed E-state index contributed by atoms with van der Waals surface area (Å²) in [6.45, 7) is 2.32. The standard InChI is InChI=1S/C12H18O2S2/c1-3-5-13-7-9-15-11-12-16-10-8-14-6-4-2/h1-2H,5-12H2. The van der Waals surface area contributed by atoms with Crippen LogP contribution in [-0.4, -0.2) is 49.4 Å². The van der Waals surface area contributed by atoms with E-state index in [0.29, 0.717) is 13.2 Å². The van der Waals surface area contributed by atoms with Crippen LogP contribution in [0.15, 0.2) is 0 Å². The first-order valence-electron chi connectivity index (χ1n) is 5.09. The molecule has 2 nitrogen and oxygen atoms in total. The van der Waals surface area contributed by atoms with E-state index >= 15 is 0 Å². The summed E-state index contributed by atoms with van der Waals surface area (Å²) in [6, 6.07) is 0. The number of hydrogen-bond acceptors (Lipinski definition) is 4. The molecule has 0 aliphatic carbocycles. The van der Waals surface area contributed by atoms with Gasteiger partial charge in [0.15, 0.2) is 0 Å². The third-order valence-electron chi connectivity index (χ3n) is 1.49. The van der Waals surface area contributed by atoms with E-state index in [1.165, 1.54) is 0 Å². The van der Waals surface area contributed by atoms with E-state index in [9.17, 15) is 0 Å². The average Bonchev–Trinajstić information content (AvgIpc) is 2.31. The highest BCUT2D eigenvalue weighted by atomic mass is 32.2. The molecule has 0 unspecified atom stereocenters. The van der Waals surface area contributed by atoms with Crippen LogP contribution in [0.2, 0.25) is 0 Å². The smallest absolute Gasteiger partial charge is 0.107 e. The third-order valence-corrected chi connectivity index (χ3v) is 3.64. The minimum absolute atomic E-state index is 0.418. The van der Waals surface area contributed by atoms with Crippen LogP contribution < -0.4 is 0 Å². The van der Waals surface area contributed by atoms with E-state index in [1.54, 1.807) is 0 Å². The van der Waals surface area contributed by atoms with Gasteiger partial charge in [-0.3, -0.25) is 0 Å².